The van der Waals surface area contributed by atoms with Gasteiger partial charge in [-0.3, -0.25) is 4.79 Å². The fourth-order valence-electron chi connectivity index (χ4n) is 1.56. The number of benzene rings is 1. The lowest BCUT2D eigenvalue weighted by Crippen LogP contribution is -2.19. The Hall–Kier alpha value is -0.890. The van der Waals surface area contributed by atoms with Gasteiger partial charge in [0, 0.05) is 11.8 Å². The smallest absolute Gasteiger partial charge is 0.144 e. The zero-order valence-electron chi connectivity index (χ0n) is 10.5. The van der Waals surface area contributed by atoms with Crippen LogP contribution >= 0.6 is 11.6 Å². The lowest BCUT2D eigenvalue weighted by molar-refractivity contribution is -0.126. The van der Waals surface area contributed by atoms with Crippen molar-refractivity contribution in [1.82, 2.24) is 0 Å². The van der Waals surface area contributed by atoms with Crippen molar-refractivity contribution in [2.24, 2.45) is 5.41 Å². The van der Waals surface area contributed by atoms with Crippen LogP contribution in [0, 0.1) is 11.2 Å². The van der Waals surface area contributed by atoms with Crippen LogP contribution in [0.1, 0.15) is 39.2 Å². The van der Waals surface area contributed by atoms with Crippen LogP contribution < -0.4 is 0 Å². The quantitative estimate of drug-likeness (QED) is 0.780. The summed E-state index contributed by atoms with van der Waals surface area (Å²) in [6.07, 6.45) is 1.69. The van der Waals surface area contributed by atoms with Crippen LogP contribution in [-0.2, 0) is 11.2 Å². The number of carbonyl (C=O) groups excluding carboxylic acids is 1. The minimum Gasteiger partial charge on any atom is -0.299 e. The number of Topliss-reactive ketones (excluding diaryl/α,β-unsaturated/α-hetero) is 1. The molecule has 0 aliphatic rings. The third-order valence-electron chi connectivity index (χ3n) is 2.72. The first-order chi connectivity index (χ1) is 7.82. The highest BCUT2D eigenvalue weighted by Gasteiger charge is 2.20. The fourth-order valence-corrected chi connectivity index (χ4v) is 1.75. The van der Waals surface area contributed by atoms with Gasteiger partial charge in [0.25, 0.3) is 0 Å². The highest BCUT2D eigenvalue weighted by Crippen LogP contribution is 2.21. The molecule has 1 aromatic carbocycles. The molecule has 0 unspecified atom stereocenters. The van der Waals surface area contributed by atoms with Gasteiger partial charge in [0.15, 0.2) is 0 Å². The summed E-state index contributed by atoms with van der Waals surface area (Å²) >= 11 is 5.69. The van der Waals surface area contributed by atoms with Gasteiger partial charge in [-0.1, -0.05) is 44.5 Å². The van der Waals surface area contributed by atoms with E-state index < -0.39 is 0 Å². The van der Waals surface area contributed by atoms with E-state index in [2.05, 4.69) is 0 Å². The van der Waals surface area contributed by atoms with Crippen molar-refractivity contribution in [3.63, 3.8) is 0 Å². The lowest BCUT2D eigenvalue weighted by Gasteiger charge is -2.16. The number of ketones is 1. The predicted octanol–water partition coefficient (Wildman–Crippen LogP) is 4.42. The second-order valence-corrected chi connectivity index (χ2v) is 5.65. The minimum atomic E-state index is -0.364. The Morgan fingerprint density at radius 1 is 1.35 bits per heavy atom. The third-order valence-corrected chi connectivity index (χ3v) is 3.01. The van der Waals surface area contributed by atoms with Crippen molar-refractivity contribution in [2.45, 2.75) is 40.0 Å². The van der Waals surface area contributed by atoms with Crippen molar-refractivity contribution in [1.29, 1.82) is 0 Å². The second-order valence-electron chi connectivity index (χ2n) is 5.24. The monoisotopic (exact) mass is 256 g/mol. The van der Waals surface area contributed by atoms with Gasteiger partial charge in [0.1, 0.15) is 11.6 Å². The van der Waals surface area contributed by atoms with Crippen molar-refractivity contribution in [2.75, 3.05) is 0 Å². The third kappa shape index (κ3) is 4.12. The van der Waals surface area contributed by atoms with Crippen LogP contribution in [0.15, 0.2) is 18.2 Å². The van der Waals surface area contributed by atoms with E-state index in [0.29, 0.717) is 24.8 Å². The van der Waals surface area contributed by atoms with E-state index in [4.69, 9.17) is 11.6 Å². The van der Waals surface area contributed by atoms with E-state index >= 15 is 0 Å². The van der Waals surface area contributed by atoms with Gasteiger partial charge in [-0.15, -0.1) is 0 Å². The standard InChI is InChI=1S/C14H18ClFO/c1-14(2,3)12(17)9-5-7-10-6-4-8-11(15)13(10)16/h4,6,8H,5,7,9H2,1-3H3. The molecule has 0 saturated carbocycles. The van der Waals surface area contributed by atoms with Gasteiger partial charge < -0.3 is 0 Å². The van der Waals surface area contributed by atoms with Crippen molar-refractivity contribution in [3.05, 3.63) is 34.6 Å². The first-order valence-corrected chi connectivity index (χ1v) is 6.16. The summed E-state index contributed by atoms with van der Waals surface area (Å²) in [5, 5.41) is 0.143. The summed E-state index contributed by atoms with van der Waals surface area (Å²) in [4.78, 5) is 11.7. The maximum atomic E-state index is 13.5. The highest BCUT2D eigenvalue weighted by molar-refractivity contribution is 6.30. The van der Waals surface area contributed by atoms with Crippen LogP contribution in [0.5, 0.6) is 0 Å². The lowest BCUT2D eigenvalue weighted by atomic mass is 9.87. The maximum absolute atomic E-state index is 13.5. The highest BCUT2D eigenvalue weighted by atomic mass is 35.5. The SMILES string of the molecule is CC(C)(C)C(=O)CCCc1cccc(Cl)c1F. The molecule has 1 nitrogen and oxygen atoms in total. The second kappa shape index (κ2) is 5.63. The fraction of sp³-hybridized carbons (Fsp3) is 0.500. The van der Waals surface area contributed by atoms with Gasteiger partial charge in [-0.05, 0) is 24.5 Å². The largest absolute Gasteiger partial charge is 0.299 e. The molecule has 0 N–H and O–H groups in total. The minimum absolute atomic E-state index is 0.143. The molecule has 0 atom stereocenters. The normalized spacial score (nSPS) is 11.6. The number of aryl methyl sites for hydroxylation is 1. The first kappa shape index (κ1) is 14.2. The molecular weight excluding hydrogens is 239 g/mol. The van der Waals surface area contributed by atoms with Crippen LogP contribution in [0.2, 0.25) is 5.02 Å². The molecule has 0 saturated heterocycles. The summed E-state index contributed by atoms with van der Waals surface area (Å²) in [6, 6.07) is 4.97. The first-order valence-electron chi connectivity index (χ1n) is 5.78. The molecule has 0 aliphatic heterocycles. The van der Waals surface area contributed by atoms with Crippen molar-refractivity contribution in [3.8, 4) is 0 Å². The Bertz CT molecular complexity index is 407. The van der Waals surface area contributed by atoms with Crippen LogP contribution in [-0.4, -0.2) is 5.78 Å². The maximum Gasteiger partial charge on any atom is 0.144 e. The number of halogens is 2. The van der Waals surface area contributed by atoms with Crippen molar-refractivity contribution >= 4 is 17.4 Å². The Kier molecular flexibility index (Phi) is 4.70. The molecular formula is C14H18ClFO. The molecule has 0 fully saturated rings. The topological polar surface area (TPSA) is 17.1 Å². The summed E-state index contributed by atoms with van der Waals surface area (Å²) in [5.74, 6) is -0.155. The number of carbonyl (C=O) groups is 1. The van der Waals surface area contributed by atoms with Crippen LogP contribution in [0.3, 0.4) is 0 Å². The summed E-state index contributed by atoms with van der Waals surface area (Å²) < 4.78 is 13.5. The molecule has 1 aromatic rings. The molecule has 0 amide bonds. The van der Waals surface area contributed by atoms with Gasteiger partial charge in [0.2, 0.25) is 0 Å². The number of hydrogen-bond donors (Lipinski definition) is 0. The van der Waals surface area contributed by atoms with E-state index in [1.54, 1.807) is 12.1 Å². The zero-order chi connectivity index (χ0) is 13.1. The molecule has 0 aliphatic carbocycles. The van der Waals surface area contributed by atoms with E-state index in [-0.39, 0.29) is 22.0 Å². The molecule has 1 rings (SSSR count). The summed E-state index contributed by atoms with van der Waals surface area (Å²) in [5.41, 5.74) is 0.270. The Labute approximate surface area is 107 Å². The van der Waals surface area contributed by atoms with Gasteiger partial charge in [-0.2, -0.15) is 0 Å². The van der Waals surface area contributed by atoms with E-state index in [0.717, 1.165) is 0 Å². The molecule has 94 valence electrons. The number of hydrogen-bond acceptors (Lipinski definition) is 1. The van der Waals surface area contributed by atoms with Gasteiger partial charge >= 0.3 is 0 Å². The summed E-state index contributed by atoms with van der Waals surface area (Å²) in [6.45, 7) is 5.69. The molecule has 3 heteroatoms. The molecule has 17 heavy (non-hydrogen) atoms. The van der Waals surface area contributed by atoms with E-state index in [9.17, 15) is 9.18 Å². The average molecular weight is 257 g/mol. The molecule has 0 bridgehead atoms. The van der Waals surface area contributed by atoms with E-state index in [1.807, 2.05) is 20.8 Å². The van der Waals surface area contributed by atoms with Gasteiger partial charge in [-0.25, -0.2) is 4.39 Å². The zero-order valence-corrected chi connectivity index (χ0v) is 11.3. The summed E-state index contributed by atoms with van der Waals surface area (Å²) in [7, 11) is 0. The van der Waals surface area contributed by atoms with Crippen LogP contribution in [0.4, 0.5) is 4.39 Å². The molecule has 0 aromatic heterocycles. The Balaban J connectivity index is 2.52. The molecule has 0 radical (unpaired) electrons. The average Bonchev–Trinajstić information content (AvgIpc) is 2.22. The van der Waals surface area contributed by atoms with E-state index in [1.165, 1.54) is 6.07 Å². The van der Waals surface area contributed by atoms with Crippen molar-refractivity contribution < 1.29 is 9.18 Å². The van der Waals surface area contributed by atoms with Gasteiger partial charge in [0.05, 0.1) is 5.02 Å². The number of rotatable bonds is 4. The van der Waals surface area contributed by atoms with Crippen LogP contribution in [0.25, 0.3) is 0 Å². The Morgan fingerprint density at radius 2 is 2.00 bits per heavy atom. The predicted molar refractivity (Wildman–Crippen MR) is 68.8 cm³/mol. The molecule has 0 heterocycles. The molecule has 0 spiro atoms. The Morgan fingerprint density at radius 3 is 2.59 bits per heavy atom.